The van der Waals surface area contributed by atoms with Crippen molar-refractivity contribution >= 4 is 41.3 Å². The molecule has 0 atom stereocenters. The minimum atomic E-state index is -0.722. The summed E-state index contributed by atoms with van der Waals surface area (Å²) in [6.07, 6.45) is 1.56. The van der Waals surface area contributed by atoms with E-state index >= 15 is 0 Å². The molecule has 3 rings (SSSR count). The monoisotopic (exact) mass is 480 g/mol. The highest BCUT2D eigenvalue weighted by Gasteiger charge is 2.18. The molecule has 0 radical (unpaired) electrons. The van der Waals surface area contributed by atoms with Crippen LogP contribution in [0.25, 0.3) is 0 Å². The van der Waals surface area contributed by atoms with Crippen molar-refractivity contribution in [2.45, 2.75) is 9.92 Å². The van der Waals surface area contributed by atoms with Gasteiger partial charge in [0.05, 0.1) is 30.9 Å². The zero-order chi connectivity index (χ0) is 24.5. The van der Waals surface area contributed by atoms with Crippen molar-refractivity contribution in [3.63, 3.8) is 0 Å². The second kappa shape index (κ2) is 11.6. The molecule has 34 heavy (non-hydrogen) atoms. The maximum absolute atomic E-state index is 12.6. The number of nitrogens with one attached hydrogen (secondary N) is 1. The molecule has 0 saturated carbocycles. The number of pyridine rings is 1. The molecule has 0 fully saturated rings. The first-order chi connectivity index (χ1) is 16.4. The first-order valence-corrected chi connectivity index (χ1v) is 10.7. The van der Waals surface area contributed by atoms with Gasteiger partial charge in [0.15, 0.2) is 6.61 Å². The van der Waals surface area contributed by atoms with E-state index in [4.69, 9.17) is 4.74 Å². The summed E-state index contributed by atoms with van der Waals surface area (Å²) in [6, 6.07) is 16.5. The molecule has 0 aliphatic heterocycles. The third kappa shape index (κ3) is 6.42. The molecule has 1 amide bonds. The average molecular weight is 480 g/mol. The Morgan fingerprint density at radius 3 is 2.12 bits per heavy atom. The number of methoxy groups -OCH3 is 2. The third-order valence-corrected chi connectivity index (χ3v) is 5.37. The molecule has 174 valence electrons. The summed E-state index contributed by atoms with van der Waals surface area (Å²) in [5.41, 5.74) is 0.419. The van der Waals surface area contributed by atoms with Gasteiger partial charge >= 0.3 is 17.9 Å². The van der Waals surface area contributed by atoms with Crippen LogP contribution in [0.1, 0.15) is 31.1 Å². The predicted molar refractivity (Wildman–Crippen MR) is 123 cm³/mol. The van der Waals surface area contributed by atoms with E-state index in [1.807, 2.05) is 30.3 Å². The Kier molecular flexibility index (Phi) is 8.36. The molecule has 2 aromatic carbocycles. The molecule has 1 heterocycles. The summed E-state index contributed by atoms with van der Waals surface area (Å²) in [5, 5.41) is 2.93. The van der Waals surface area contributed by atoms with Crippen LogP contribution in [0.2, 0.25) is 0 Å². The molecule has 0 aliphatic carbocycles. The van der Waals surface area contributed by atoms with E-state index < -0.39 is 30.4 Å². The second-order valence-corrected chi connectivity index (χ2v) is 7.74. The van der Waals surface area contributed by atoms with Crippen molar-refractivity contribution in [3.05, 3.63) is 83.6 Å². The third-order valence-electron chi connectivity index (χ3n) is 4.34. The number of hydrogen-bond donors (Lipinski definition) is 1. The van der Waals surface area contributed by atoms with Crippen LogP contribution in [0.3, 0.4) is 0 Å². The Morgan fingerprint density at radius 1 is 0.853 bits per heavy atom. The molecule has 1 aromatic heterocycles. The van der Waals surface area contributed by atoms with Gasteiger partial charge in [-0.2, -0.15) is 0 Å². The number of carbonyl (C=O) groups excluding carboxylic acids is 4. The van der Waals surface area contributed by atoms with Crippen LogP contribution in [0.5, 0.6) is 0 Å². The molecule has 3 aromatic rings. The largest absolute Gasteiger partial charge is 0.465 e. The van der Waals surface area contributed by atoms with Crippen molar-refractivity contribution < 1.29 is 33.4 Å². The minimum absolute atomic E-state index is 0.0376. The fourth-order valence-electron chi connectivity index (χ4n) is 2.80. The SMILES string of the molecule is COC(=O)c1cc(NC(=O)COC(=O)c2cccnc2Sc2ccccc2)cc(C(=O)OC)c1. The van der Waals surface area contributed by atoms with E-state index in [-0.39, 0.29) is 22.4 Å². The van der Waals surface area contributed by atoms with E-state index in [9.17, 15) is 19.2 Å². The number of nitrogens with zero attached hydrogens (tertiary/aromatic N) is 1. The first-order valence-electron chi connectivity index (χ1n) is 9.88. The number of carbonyl (C=O) groups is 4. The summed E-state index contributed by atoms with van der Waals surface area (Å²) in [5.74, 6) is -2.80. The lowest BCUT2D eigenvalue weighted by atomic mass is 10.1. The number of hydrogen-bond acceptors (Lipinski definition) is 9. The molecule has 0 saturated heterocycles. The fraction of sp³-hybridized carbons (Fsp3) is 0.125. The number of benzene rings is 2. The number of ether oxygens (including phenoxy) is 3. The van der Waals surface area contributed by atoms with Crippen LogP contribution in [0.15, 0.2) is 76.8 Å². The van der Waals surface area contributed by atoms with Crippen LogP contribution < -0.4 is 5.32 Å². The summed E-state index contributed by atoms with van der Waals surface area (Å²) in [4.78, 5) is 53.9. The number of anilines is 1. The van der Waals surface area contributed by atoms with Gasteiger partial charge in [-0.25, -0.2) is 19.4 Å². The molecule has 1 N–H and O–H groups in total. The number of aromatic nitrogens is 1. The maximum Gasteiger partial charge on any atom is 0.341 e. The van der Waals surface area contributed by atoms with Crippen molar-refractivity contribution in [1.29, 1.82) is 0 Å². The van der Waals surface area contributed by atoms with Crippen LogP contribution in [0, 0.1) is 0 Å². The summed E-state index contributed by atoms with van der Waals surface area (Å²) < 4.78 is 14.5. The number of amides is 1. The maximum atomic E-state index is 12.6. The van der Waals surface area contributed by atoms with Crippen molar-refractivity contribution in [3.8, 4) is 0 Å². The zero-order valence-corrected chi connectivity index (χ0v) is 19.1. The highest BCUT2D eigenvalue weighted by Crippen LogP contribution is 2.28. The lowest BCUT2D eigenvalue weighted by Gasteiger charge is -2.11. The van der Waals surface area contributed by atoms with Crippen molar-refractivity contribution in [1.82, 2.24) is 4.98 Å². The summed E-state index contributed by atoms with van der Waals surface area (Å²) in [6.45, 7) is -0.598. The van der Waals surface area contributed by atoms with Gasteiger partial charge in [-0.15, -0.1) is 0 Å². The van der Waals surface area contributed by atoms with Gasteiger partial charge in [-0.1, -0.05) is 30.0 Å². The van der Waals surface area contributed by atoms with Crippen LogP contribution in [0.4, 0.5) is 5.69 Å². The van der Waals surface area contributed by atoms with Crippen molar-refractivity contribution in [2.75, 3.05) is 26.1 Å². The Bertz CT molecular complexity index is 1180. The predicted octanol–water partition coefficient (Wildman–Crippen LogP) is 3.60. The van der Waals surface area contributed by atoms with Gasteiger partial charge in [-0.3, -0.25) is 4.79 Å². The molecule has 0 bridgehead atoms. The van der Waals surface area contributed by atoms with Gasteiger partial charge < -0.3 is 19.5 Å². The molecular weight excluding hydrogens is 460 g/mol. The van der Waals surface area contributed by atoms with E-state index in [1.54, 1.807) is 18.3 Å². The topological polar surface area (TPSA) is 121 Å². The normalized spacial score (nSPS) is 10.2. The van der Waals surface area contributed by atoms with E-state index in [2.05, 4.69) is 19.8 Å². The molecule has 0 aliphatic rings. The molecular formula is C24H20N2O7S. The van der Waals surface area contributed by atoms with E-state index in [0.717, 1.165) is 4.90 Å². The van der Waals surface area contributed by atoms with Crippen LogP contribution in [-0.4, -0.2) is 49.6 Å². The lowest BCUT2D eigenvalue weighted by molar-refractivity contribution is -0.119. The highest BCUT2D eigenvalue weighted by atomic mass is 32.2. The summed E-state index contributed by atoms with van der Waals surface area (Å²) in [7, 11) is 2.38. The molecule has 9 nitrogen and oxygen atoms in total. The van der Waals surface area contributed by atoms with Crippen LogP contribution >= 0.6 is 11.8 Å². The van der Waals surface area contributed by atoms with Gasteiger partial charge in [0.1, 0.15) is 5.03 Å². The first kappa shape index (κ1) is 24.5. The summed E-state index contributed by atoms with van der Waals surface area (Å²) >= 11 is 1.29. The molecule has 0 unspecified atom stereocenters. The van der Waals surface area contributed by atoms with Gasteiger partial charge in [0, 0.05) is 16.8 Å². The smallest absolute Gasteiger partial charge is 0.341 e. The Labute approximate surface area is 199 Å². The number of rotatable bonds is 8. The Balaban J connectivity index is 1.68. The quantitative estimate of drug-likeness (QED) is 0.381. The van der Waals surface area contributed by atoms with E-state index in [1.165, 1.54) is 44.2 Å². The van der Waals surface area contributed by atoms with Gasteiger partial charge in [0.2, 0.25) is 0 Å². The van der Waals surface area contributed by atoms with E-state index in [0.29, 0.717) is 5.03 Å². The Morgan fingerprint density at radius 2 is 1.50 bits per heavy atom. The highest BCUT2D eigenvalue weighted by molar-refractivity contribution is 7.99. The molecule has 10 heteroatoms. The van der Waals surface area contributed by atoms with Crippen molar-refractivity contribution in [2.24, 2.45) is 0 Å². The standard InChI is InChI=1S/C24H20N2O7S/c1-31-22(28)15-11-16(23(29)32-2)13-17(12-15)26-20(27)14-33-24(30)19-9-6-10-25-21(19)34-18-7-4-3-5-8-18/h3-13H,14H2,1-2H3,(H,26,27). The number of esters is 3. The zero-order valence-electron chi connectivity index (χ0n) is 18.3. The molecule has 0 spiro atoms. The second-order valence-electron chi connectivity index (χ2n) is 6.68. The lowest BCUT2D eigenvalue weighted by Crippen LogP contribution is -2.22. The van der Waals surface area contributed by atoms with Gasteiger partial charge in [-0.05, 0) is 42.5 Å². The van der Waals surface area contributed by atoms with Gasteiger partial charge in [0.25, 0.3) is 5.91 Å². The van der Waals surface area contributed by atoms with Crippen LogP contribution in [-0.2, 0) is 19.0 Å². The minimum Gasteiger partial charge on any atom is -0.465 e. The Hall–Kier alpha value is -4.18. The fourth-order valence-corrected chi connectivity index (χ4v) is 3.70. The average Bonchev–Trinajstić information content (AvgIpc) is 2.87.